The zero-order valence-corrected chi connectivity index (χ0v) is 12.7. The van der Waals surface area contributed by atoms with Crippen molar-refractivity contribution < 1.29 is 14.6 Å². The molecule has 23 heavy (non-hydrogen) atoms. The molecule has 0 aromatic heterocycles. The quantitative estimate of drug-likeness (QED) is 0.775. The average Bonchev–Trinajstić information content (AvgIpc) is 2.62. The fourth-order valence-electron chi connectivity index (χ4n) is 3.17. The fourth-order valence-corrected chi connectivity index (χ4v) is 3.17. The van der Waals surface area contributed by atoms with Crippen molar-refractivity contribution >= 4 is 0 Å². The van der Waals surface area contributed by atoms with Gasteiger partial charge in [-0.25, -0.2) is 0 Å². The zero-order valence-electron chi connectivity index (χ0n) is 12.7. The summed E-state index contributed by atoms with van der Waals surface area (Å²) in [7, 11) is 1.60. The van der Waals surface area contributed by atoms with Gasteiger partial charge in [0.1, 0.15) is 11.4 Å². The third-order valence-electron chi connectivity index (χ3n) is 4.27. The summed E-state index contributed by atoms with van der Waals surface area (Å²) in [4.78, 5) is 0. The molecule has 114 valence electrons. The van der Waals surface area contributed by atoms with Gasteiger partial charge in [-0.1, -0.05) is 60.7 Å². The number of hydrogen-bond acceptors (Lipinski definition) is 3. The van der Waals surface area contributed by atoms with Crippen molar-refractivity contribution in [2.75, 3.05) is 7.11 Å². The Morgan fingerprint density at radius 1 is 0.826 bits per heavy atom. The standard InChI is InChI=1S/C20H16O3/c1-22-18-13-7-11-16-19(18)23-17-12-6-5-10-15(17)20(16,21)14-8-3-2-4-9-14/h2-13,21H,1H3. The maximum atomic E-state index is 11.7. The van der Waals surface area contributed by atoms with Gasteiger partial charge >= 0.3 is 0 Å². The number of rotatable bonds is 2. The van der Waals surface area contributed by atoms with Crippen LogP contribution >= 0.6 is 0 Å². The van der Waals surface area contributed by atoms with Gasteiger partial charge < -0.3 is 14.6 Å². The molecular weight excluding hydrogens is 288 g/mol. The molecule has 0 fully saturated rings. The van der Waals surface area contributed by atoms with Gasteiger partial charge in [0.25, 0.3) is 0 Å². The Bertz CT molecular complexity index is 858. The molecule has 1 heterocycles. The van der Waals surface area contributed by atoms with Crippen LogP contribution in [0.4, 0.5) is 0 Å². The lowest BCUT2D eigenvalue weighted by molar-refractivity contribution is 0.111. The van der Waals surface area contributed by atoms with E-state index in [1.165, 1.54) is 0 Å². The molecule has 4 rings (SSSR count). The maximum Gasteiger partial charge on any atom is 0.176 e. The average molecular weight is 304 g/mol. The van der Waals surface area contributed by atoms with E-state index < -0.39 is 5.60 Å². The fraction of sp³-hybridized carbons (Fsp3) is 0.100. The maximum absolute atomic E-state index is 11.7. The van der Waals surface area contributed by atoms with Crippen LogP contribution in [0.15, 0.2) is 72.8 Å². The van der Waals surface area contributed by atoms with Crippen LogP contribution in [-0.4, -0.2) is 12.2 Å². The Labute approximate surface area is 134 Å². The highest BCUT2D eigenvalue weighted by molar-refractivity contribution is 5.64. The van der Waals surface area contributed by atoms with Gasteiger partial charge in [-0.2, -0.15) is 0 Å². The second-order valence-electron chi connectivity index (χ2n) is 5.51. The summed E-state index contributed by atoms with van der Waals surface area (Å²) >= 11 is 0. The molecule has 1 N–H and O–H groups in total. The third kappa shape index (κ3) is 1.94. The summed E-state index contributed by atoms with van der Waals surface area (Å²) in [5.41, 5.74) is 0.930. The molecule has 0 aliphatic carbocycles. The van der Waals surface area contributed by atoms with Gasteiger partial charge in [0, 0.05) is 11.1 Å². The molecule has 0 radical (unpaired) electrons. The van der Waals surface area contributed by atoms with Crippen molar-refractivity contribution in [1.29, 1.82) is 0 Å². The number of para-hydroxylation sites is 2. The number of fused-ring (bicyclic) bond motifs is 2. The minimum Gasteiger partial charge on any atom is -0.493 e. The molecule has 0 saturated heterocycles. The Balaban J connectivity index is 2.07. The van der Waals surface area contributed by atoms with E-state index in [1.807, 2.05) is 72.8 Å². The van der Waals surface area contributed by atoms with Crippen LogP contribution in [0.3, 0.4) is 0 Å². The van der Waals surface area contributed by atoms with Crippen molar-refractivity contribution in [3.8, 4) is 17.2 Å². The first-order valence-corrected chi connectivity index (χ1v) is 7.48. The largest absolute Gasteiger partial charge is 0.493 e. The molecule has 0 amide bonds. The van der Waals surface area contributed by atoms with Crippen LogP contribution in [0, 0.1) is 0 Å². The van der Waals surface area contributed by atoms with E-state index in [2.05, 4.69) is 0 Å². The topological polar surface area (TPSA) is 38.7 Å². The monoisotopic (exact) mass is 304 g/mol. The van der Waals surface area contributed by atoms with Crippen LogP contribution in [-0.2, 0) is 5.60 Å². The van der Waals surface area contributed by atoms with Crippen molar-refractivity contribution in [1.82, 2.24) is 0 Å². The van der Waals surface area contributed by atoms with Gasteiger partial charge in [-0.05, 0) is 17.7 Å². The Morgan fingerprint density at radius 3 is 2.30 bits per heavy atom. The number of benzene rings is 3. The molecule has 0 spiro atoms. The lowest BCUT2D eigenvalue weighted by Gasteiger charge is -2.36. The lowest BCUT2D eigenvalue weighted by atomic mass is 9.78. The van der Waals surface area contributed by atoms with Crippen LogP contribution in [0.1, 0.15) is 16.7 Å². The van der Waals surface area contributed by atoms with Crippen LogP contribution < -0.4 is 9.47 Å². The lowest BCUT2D eigenvalue weighted by Crippen LogP contribution is -2.32. The number of methoxy groups -OCH3 is 1. The van der Waals surface area contributed by atoms with E-state index in [-0.39, 0.29) is 0 Å². The zero-order chi connectivity index (χ0) is 15.9. The molecule has 1 aliphatic rings. The second-order valence-corrected chi connectivity index (χ2v) is 5.51. The first-order chi connectivity index (χ1) is 11.2. The first-order valence-electron chi connectivity index (χ1n) is 7.48. The highest BCUT2D eigenvalue weighted by Crippen LogP contribution is 2.52. The van der Waals surface area contributed by atoms with Gasteiger partial charge in [0.05, 0.1) is 7.11 Å². The molecule has 3 heteroatoms. The van der Waals surface area contributed by atoms with Crippen LogP contribution in [0.25, 0.3) is 0 Å². The highest BCUT2D eigenvalue weighted by atomic mass is 16.5. The summed E-state index contributed by atoms with van der Waals surface area (Å²) < 4.78 is 11.5. The molecule has 1 atom stereocenters. The molecule has 3 nitrogen and oxygen atoms in total. The minimum atomic E-state index is -1.28. The van der Waals surface area contributed by atoms with E-state index in [9.17, 15) is 5.11 Å². The summed E-state index contributed by atoms with van der Waals surface area (Å²) in [6.07, 6.45) is 0. The van der Waals surface area contributed by atoms with E-state index in [1.54, 1.807) is 7.11 Å². The van der Waals surface area contributed by atoms with Crippen molar-refractivity contribution in [2.24, 2.45) is 0 Å². The number of ether oxygens (including phenoxy) is 2. The van der Waals surface area contributed by atoms with E-state index in [4.69, 9.17) is 9.47 Å². The molecule has 1 aliphatic heterocycles. The van der Waals surface area contributed by atoms with Crippen molar-refractivity contribution in [2.45, 2.75) is 5.60 Å². The second kappa shape index (κ2) is 5.14. The van der Waals surface area contributed by atoms with Crippen LogP contribution in [0.2, 0.25) is 0 Å². The smallest absolute Gasteiger partial charge is 0.176 e. The molecule has 3 aromatic carbocycles. The molecular formula is C20H16O3. The Morgan fingerprint density at radius 2 is 1.52 bits per heavy atom. The molecule has 0 bridgehead atoms. The van der Waals surface area contributed by atoms with E-state index in [0.717, 1.165) is 11.1 Å². The van der Waals surface area contributed by atoms with E-state index in [0.29, 0.717) is 22.8 Å². The van der Waals surface area contributed by atoms with Crippen molar-refractivity contribution in [3.05, 3.63) is 89.5 Å². The summed E-state index contributed by atoms with van der Waals surface area (Å²) in [5.74, 6) is 1.79. The Hall–Kier alpha value is -2.78. The molecule has 1 unspecified atom stereocenters. The summed E-state index contributed by atoms with van der Waals surface area (Å²) in [6.45, 7) is 0. The normalized spacial score (nSPS) is 18.5. The SMILES string of the molecule is COc1cccc2c1Oc1ccccc1C2(O)c1ccccc1. The predicted molar refractivity (Wildman–Crippen MR) is 88.1 cm³/mol. The Kier molecular flexibility index (Phi) is 3.10. The minimum absolute atomic E-state index is 0.556. The van der Waals surface area contributed by atoms with Crippen LogP contribution in [0.5, 0.6) is 17.2 Å². The molecule has 3 aromatic rings. The first kappa shape index (κ1) is 13.9. The van der Waals surface area contributed by atoms with E-state index >= 15 is 0 Å². The van der Waals surface area contributed by atoms with Gasteiger partial charge in [0.15, 0.2) is 11.5 Å². The van der Waals surface area contributed by atoms with Gasteiger partial charge in [0.2, 0.25) is 0 Å². The van der Waals surface area contributed by atoms with Crippen molar-refractivity contribution in [3.63, 3.8) is 0 Å². The van der Waals surface area contributed by atoms with Gasteiger partial charge in [-0.3, -0.25) is 0 Å². The third-order valence-corrected chi connectivity index (χ3v) is 4.27. The number of aliphatic hydroxyl groups is 1. The van der Waals surface area contributed by atoms with Gasteiger partial charge in [-0.15, -0.1) is 0 Å². The summed E-state index contributed by atoms with van der Waals surface area (Å²) in [5, 5.41) is 11.7. The molecule has 0 saturated carbocycles. The predicted octanol–water partition coefficient (Wildman–Crippen LogP) is 4.09. The highest BCUT2D eigenvalue weighted by Gasteiger charge is 2.42. The number of hydrogen-bond donors (Lipinski definition) is 1. The summed E-state index contributed by atoms with van der Waals surface area (Å²) in [6, 6.07) is 22.7.